The van der Waals surface area contributed by atoms with Crippen LogP contribution in [0.15, 0.2) is 83.8 Å². The van der Waals surface area contributed by atoms with Crippen LogP contribution in [0.5, 0.6) is 0 Å². The van der Waals surface area contributed by atoms with E-state index < -0.39 is 10.0 Å². The Labute approximate surface area is 181 Å². The average molecular weight is 439 g/mol. The lowest BCUT2D eigenvalue weighted by molar-refractivity contribution is 0.0765. The molecule has 0 fully saturated rings. The first-order chi connectivity index (χ1) is 14.4. The lowest BCUT2D eigenvalue weighted by Crippen LogP contribution is -2.31. The zero-order chi connectivity index (χ0) is 21.6. The van der Waals surface area contributed by atoms with Crippen LogP contribution < -0.4 is 4.72 Å². The molecule has 0 saturated carbocycles. The van der Waals surface area contributed by atoms with E-state index in [9.17, 15) is 13.2 Å². The molecule has 30 heavy (non-hydrogen) atoms. The third kappa shape index (κ3) is 5.41. The fraction of sp³-hybridized carbons (Fsp3) is 0.0870. The number of hydrogen-bond donors (Lipinski definition) is 1. The normalized spacial score (nSPS) is 10.8. The topological polar surface area (TPSA) is 66.5 Å². The maximum atomic E-state index is 12.9. The predicted octanol–water partition coefficient (Wildman–Crippen LogP) is 4.42. The Bertz CT molecular complexity index is 1170. The first-order valence-electron chi connectivity index (χ1n) is 9.04. The highest BCUT2D eigenvalue weighted by Crippen LogP contribution is 2.20. The molecule has 0 aliphatic carbocycles. The van der Waals surface area contributed by atoms with Gasteiger partial charge in [-0.2, -0.15) is 0 Å². The van der Waals surface area contributed by atoms with Crippen molar-refractivity contribution in [2.75, 3.05) is 11.3 Å². The molecule has 0 aromatic heterocycles. The van der Waals surface area contributed by atoms with Crippen LogP contribution in [0.1, 0.15) is 15.9 Å². The maximum Gasteiger partial charge on any atom is 0.261 e. The minimum atomic E-state index is -3.82. The van der Waals surface area contributed by atoms with Crippen molar-refractivity contribution in [2.24, 2.45) is 0 Å². The van der Waals surface area contributed by atoms with Crippen LogP contribution in [-0.2, 0) is 16.6 Å². The predicted molar refractivity (Wildman–Crippen MR) is 119 cm³/mol. The van der Waals surface area contributed by atoms with Crippen LogP contribution in [0.4, 0.5) is 5.69 Å². The zero-order valence-corrected chi connectivity index (χ0v) is 17.5. The van der Waals surface area contributed by atoms with Gasteiger partial charge in [0, 0.05) is 17.1 Å². The molecule has 1 amide bonds. The van der Waals surface area contributed by atoms with Gasteiger partial charge in [-0.05, 0) is 48.0 Å². The zero-order valence-electron chi connectivity index (χ0n) is 16.0. The van der Waals surface area contributed by atoms with Gasteiger partial charge in [0.25, 0.3) is 15.9 Å². The molecule has 3 aromatic carbocycles. The minimum absolute atomic E-state index is 0.0329. The van der Waals surface area contributed by atoms with Gasteiger partial charge in [0.1, 0.15) is 0 Å². The van der Waals surface area contributed by atoms with Crippen LogP contribution in [0.2, 0.25) is 5.02 Å². The number of carbonyl (C=O) groups is 1. The first-order valence-corrected chi connectivity index (χ1v) is 10.9. The molecule has 3 aromatic rings. The molecular weight excluding hydrogens is 420 g/mol. The molecule has 0 radical (unpaired) electrons. The SMILES string of the molecule is C#CCN(Cc1ccccc1)C(=O)c1ccc(S(=O)(=O)Nc2cccc(Cl)c2)cc1. The summed E-state index contributed by atoms with van der Waals surface area (Å²) in [4.78, 5) is 14.4. The first kappa shape index (κ1) is 21.4. The Morgan fingerprint density at radius 3 is 2.33 bits per heavy atom. The molecule has 0 spiro atoms. The number of halogens is 1. The minimum Gasteiger partial charge on any atom is -0.323 e. The second kappa shape index (κ2) is 9.49. The molecule has 152 valence electrons. The maximum absolute atomic E-state index is 12.9. The van der Waals surface area contributed by atoms with Crippen molar-refractivity contribution < 1.29 is 13.2 Å². The second-order valence-corrected chi connectivity index (χ2v) is 8.61. The number of benzene rings is 3. The van der Waals surface area contributed by atoms with E-state index in [1.54, 1.807) is 18.2 Å². The van der Waals surface area contributed by atoms with Gasteiger partial charge >= 0.3 is 0 Å². The Hall–Kier alpha value is -3.27. The van der Waals surface area contributed by atoms with Gasteiger partial charge in [0.05, 0.1) is 17.1 Å². The second-order valence-electron chi connectivity index (χ2n) is 6.49. The number of terminal acetylenes is 1. The van der Waals surface area contributed by atoms with Gasteiger partial charge in [-0.3, -0.25) is 9.52 Å². The molecule has 0 aliphatic rings. The number of sulfonamides is 1. The van der Waals surface area contributed by atoms with Crippen LogP contribution in [0.25, 0.3) is 0 Å². The fourth-order valence-corrected chi connectivity index (χ4v) is 4.08. The van der Waals surface area contributed by atoms with Crippen molar-refractivity contribution >= 4 is 33.2 Å². The smallest absolute Gasteiger partial charge is 0.261 e. The summed E-state index contributed by atoms with van der Waals surface area (Å²) in [6.07, 6.45) is 5.42. The number of hydrogen-bond acceptors (Lipinski definition) is 3. The van der Waals surface area contributed by atoms with Crippen molar-refractivity contribution in [3.63, 3.8) is 0 Å². The largest absolute Gasteiger partial charge is 0.323 e. The number of carbonyl (C=O) groups excluding carboxylic acids is 1. The molecule has 3 rings (SSSR count). The van der Waals surface area contributed by atoms with Crippen molar-refractivity contribution in [1.82, 2.24) is 4.90 Å². The van der Waals surface area contributed by atoms with Crippen molar-refractivity contribution in [2.45, 2.75) is 11.4 Å². The van der Waals surface area contributed by atoms with E-state index in [2.05, 4.69) is 10.6 Å². The van der Waals surface area contributed by atoms with Crippen LogP contribution in [-0.4, -0.2) is 25.8 Å². The Morgan fingerprint density at radius 1 is 1.00 bits per heavy atom. The summed E-state index contributed by atoms with van der Waals surface area (Å²) in [6, 6.07) is 21.6. The molecule has 0 bridgehead atoms. The summed E-state index contributed by atoms with van der Waals surface area (Å²) in [5.41, 5.74) is 1.65. The number of anilines is 1. The third-order valence-electron chi connectivity index (χ3n) is 4.27. The molecule has 7 heteroatoms. The number of nitrogens with one attached hydrogen (secondary N) is 1. The van der Waals surface area contributed by atoms with E-state index in [1.165, 1.54) is 35.2 Å². The van der Waals surface area contributed by atoms with Gasteiger partial charge in [-0.15, -0.1) is 6.42 Å². The highest BCUT2D eigenvalue weighted by atomic mass is 35.5. The summed E-state index contributed by atoms with van der Waals surface area (Å²) in [7, 11) is -3.82. The van der Waals surface area contributed by atoms with Crippen LogP contribution in [0, 0.1) is 12.3 Å². The summed E-state index contributed by atoms with van der Waals surface area (Å²) in [6.45, 7) is 0.504. The van der Waals surface area contributed by atoms with E-state index in [0.29, 0.717) is 22.8 Å². The third-order valence-corrected chi connectivity index (χ3v) is 5.91. The lowest BCUT2D eigenvalue weighted by Gasteiger charge is -2.20. The van der Waals surface area contributed by atoms with E-state index >= 15 is 0 Å². The highest BCUT2D eigenvalue weighted by Gasteiger charge is 2.18. The summed E-state index contributed by atoms with van der Waals surface area (Å²) in [5, 5.41) is 0.420. The fourth-order valence-electron chi connectivity index (χ4n) is 2.84. The van der Waals surface area contributed by atoms with E-state index in [1.807, 2.05) is 30.3 Å². The van der Waals surface area contributed by atoms with Gasteiger partial charge in [0.2, 0.25) is 0 Å². The van der Waals surface area contributed by atoms with Crippen molar-refractivity contribution in [3.8, 4) is 12.3 Å². The van der Waals surface area contributed by atoms with E-state index in [4.69, 9.17) is 18.0 Å². The molecule has 0 unspecified atom stereocenters. The summed E-state index contributed by atoms with van der Waals surface area (Å²) in [5.74, 6) is 2.22. The molecule has 0 atom stereocenters. The lowest BCUT2D eigenvalue weighted by atomic mass is 10.1. The van der Waals surface area contributed by atoms with Gasteiger partial charge in [-0.1, -0.05) is 53.9 Å². The van der Waals surface area contributed by atoms with Gasteiger partial charge in [0.15, 0.2) is 0 Å². The van der Waals surface area contributed by atoms with Crippen LogP contribution in [0.3, 0.4) is 0 Å². The highest BCUT2D eigenvalue weighted by molar-refractivity contribution is 7.92. The molecule has 0 heterocycles. The van der Waals surface area contributed by atoms with Gasteiger partial charge < -0.3 is 4.90 Å². The van der Waals surface area contributed by atoms with E-state index in [0.717, 1.165) is 5.56 Å². The van der Waals surface area contributed by atoms with Gasteiger partial charge in [-0.25, -0.2) is 8.42 Å². The molecule has 5 nitrogen and oxygen atoms in total. The monoisotopic (exact) mass is 438 g/mol. The quantitative estimate of drug-likeness (QED) is 0.555. The van der Waals surface area contributed by atoms with Crippen molar-refractivity contribution in [3.05, 3.63) is 95.0 Å². The number of amides is 1. The molecule has 0 saturated heterocycles. The Morgan fingerprint density at radius 2 is 1.70 bits per heavy atom. The molecule has 0 aliphatic heterocycles. The molecule has 1 N–H and O–H groups in total. The number of nitrogens with zero attached hydrogens (tertiary/aromatic N) is 1. The standard InChI is InChI=1S/C23H19ClN2O3S/c1-2-15-26(17-18-7-4-3-5-8-18)23(27)19-11-13-22(14-12-19)30(28,29)25-21-10-6-9-20(24)16-21/h1,3-14,16,25H,15,17H2. The van der Waals surface area contributed by atoms with Crippen LogP contribution >= 0.6 is 11.6 Å². The summed E-state index contributed by atoms with van der Waals surface area (Å²) < 4.78 is 27.7. The Balaban J connectivity index is 1.77. The number of rotatable bonds is 7. The Kier molecular flexibility index (Phi) is 6.78. The van der Waals surface area contributed by atoms with Crippen molar-refractivity contribution in [1.29, 1.82) is 0 Å². The summed E-state index contributed by atoms with van der Waals surface area (Å²) >= 11 is 5.90. The van der Waals surface area contributed by atoms with E-state index in [-0.39, 0.29) is 17.3 Å². The average Bonchev–Trinajstić information content (AvgIpc) is 2.73. The molecular formula is C23H19ClN2O3S.